The number of β-amino-alcohol motifs (C(OH)–C–C–N with tert-alkyl or cyclic N) is 1. The predicted molar refractivity (Wildman–Crippen MR) is 195 cm³/mol. The van der Waals surface area contributed by atoms with Crippen molar-refractivity contribution in [2.24, 2.45) is 5.92 Å². The van der Waals surface area contributed by atoms with Crippen molar-refractivity contribution < 1.29 is 42.1 Å². The number of hydrogen-bond acceptors (Lipinski definition) is 11. The second-order valence-electron chi connectivity index (χ2n) is 15.0. The van der Waals surface area contributed by atoms with Crippen LogP contribution < -0.4 is 10.1 Å². The molecule has 1 amide bonds. The van der Waals surface area contributed by atoms with Gasteiger partial charge in [-0.25, -0.2) is 4.90 Å². The molecule has 3 aliphatic rings. The molecule has 6 atom stereocenters. The third-order valence-electron chi connectivity index (χ3n) is 10.6. The van der Waals surface area contributed by atoms with Gasteiger partial charge in [-0.2, -0.15) is 13.2 Å². The standard InChI is InChI=1S/C40H47F3N6O6/c1-39(2)49(36-31-10-6-7-11-34(31)53-24-35(36)55-39)38(52)27(18-28-20-44-14-15-45-28)19-29(50)21-48-17-16-47(23-32(48)37(51)46-25-40(41,42)43)22-30-12-13-33(54-30)26-8-4-3-5-9-26/h3-15,20,27,29,32,35-36,38,50,52H,16-19,21-25H2,1-2H3,(H,46,51)/t27?,29-,32-,35+,36-,38?/m0/s1. The summed E-state index contributed by atoms with van der Waals surface area (Å²) >= 11 is 0. The molecule has 5 heterocycles. The van der Waals surface area contributed by atoms with Crippen LogP contribution in [0.15, 0.2) is 89.7 Å². The van der Waals surface area contributed by atoms with Gasteiger partial charge in [-0.15, -0.1) is 0 Å². The molecule has 0 bridgehead atoms. The Morgan fingerprint density at radius 2 is 1.82 bits per heavy atom. The van der Waals surface area contributed by atoms with E-state index >= 15 is 0 Å². The number of fused-ring (bicyclic) bond motifs is 3. The lowest BCUT2D eigenvalue weighted by atomic mass is 9.89. The van der Waals surface area contributed by atoms with Crippen molar-refractivity contribution in [1.29, 1.82) is 0 Å². The summed E-state index contributed by atoms with van der Waals surface area (Å²) in [6.45, 7) is 3.87. The first kappa shape index (κ1) is 38.9. The summed E-state index contributed by atoms with van der Waals surface area (Å²) in [5, 5.41) is 26.1. The van der Waals surface area contributed by atoms with E-state index in [0.29, 0.717) is 49.2 Å². The van der Waals surface area contributed by atoms with Gasteiger partial charge in [0.2, 0.25) is 5.91 Å². The van der Waals surface area contributed by atoms with Crippen LogP contribution in [0.4, 0.5) is 13.2 Å². The lowest BCUT2D eigenvalue weighted by molar-refractivity contribution is -0.158. The lowest BCUT2D eigenvalue weighted by Crippen LogP contribution is -2.60. The zero-order valence-corrected chi connectivity index (χ0v) is 30.8. The Hall–Kier alpha value is -4.38. The Bertz CT molecular complexity index is 1880. The normalized spacial score (nSPS) is 23.3. The second kappa shape index (κ2) is 16.4. The Morgan fingerprint density at radius 3 is 2.58 bits per heavy atom. The van der Waals surface area contributed by atoms with Crippen molar-refractivity contribution in [3.63, 3.8) is 0 Å². The molecule has 7 rings (SSSR count). The first-order valence-corrected chi connectivity index (χ1v) is 18.6. The number of alkyl halides is 3. The summed E-state index contributed by atoms with van der Waals surface area (Å²) in [6.07, 6.45) is -2.02. The number of hydrogen-bond donors (Lipinski definition) is 3. The van der Waals surface area contributed by atoms with Crippen molar-refractivity contribution >= 4 is 5.91 Å². The number of furan rings is 1. The number of amides is 1. The molecule has 4 aromatic rings. The fourth-order valence-corrected chi connectivity index (χ4v) is 8.17. The second-order valence-corrected chi connectivity index (χ2v) is 15.0. The summed E-state index contributed by atoms with van der Waals surface area (Å²) in [7, 11) is 0. The van der Waals surface area contributed by atoms with Gasteiger partial charge in [0.1, 0.15) is 54.5 Å². The highest BCUT2D eigenvalue weighted by molar-refractivity contribution is 5.82. The third kappa shape index (κ3) is 9.20. The topological polar surface area (TPSA) is 137 Å². The van der Waals surface area contributed by atoms with Gasteiger partial charge >= 0.3 is 6.18 Å². The van der Waals surface area contributed by atoms with Gasteiger partial charge in [-0.05, 0) is 44.9 Å². The van der Waals surface area contributed by atoms with Crippen LogP contribution in [0.5, 0.6) is 5.75 Å². The van der Waals surface area contributed by atoms with E-state index in [1.165, 1.54) is 0 Å². The van der Waals surface area contributed by atoms with Crippen LogP contribution in [0.1, 0.15) is 43.3 Å². The maximum absolute atomic E-state index is 13.4. The molecule has 0 spiro atoms. The largest absolute Gasteiger partial charge is 0.490 e. The van der Waals surface area contributed by atoms with Crippen LogP contribution in [0.25, 0.3) is 11.3 Å². The molecule has 0 radical (unpaired) electrons. The van der Waals surface area contributed by atoms with Crippen molar-refractivity contribution in [3.05, 3.63) is 102 Å². The smallest absolute Gasteiger partial charge is 0.405 e. The van der Waals surface area contributed by atoms with Gasteiger partial charge in [0, 0.05) is 61.8 Å². The Balaban J connectivity index is 1.08. The number of para-hydroxylation sites is 1. The number of nitrogens with one attached hydrogen (secondary N) is 1. The highest BCUT2D eigenvalue weighted by Crippen LogP contribution is 2.49. The Labute approximate surface area is 317 Å². The summed E-state index contributed by atoms with van der Waals surface area (Å²) in [6, 6.07) is 19.7. The summed E-state index contributed by atoms with van der Waals surface area (Å²) in [5.74, 6) is 0.696. The van der Waals surface area contributed by atoms with Crippen LogP contribution in [0.3, 0.4) is 0 Å². The quantitative estimate of drug-likeness (QED) is 0.179. The number of carbonyl (C=O) groups excluding carboxylic acids is 1. The SMILES string of the molecule is CC1(C)O[C@@H]2COc3ccccc3[C@@H]2N1C(O)C(Cc1cnccn1)C[C@H](O)CN1CCN(Cc2ccc(-c3ccccc3)o2)C[C@H]1C(=O)NCC(F)(F)F. The van der Waals surface area contributed by atoms with Crippen LogP contribution >= 0.6 is 0 Å². The number of piperazine rings is 1. The number of benzene rings is 2. The molecule has 2 fully saturated rings. The molecule has 2 saturated heterocycles. The number of ether oxygens (including phenoxy) is 2. The molecule has 12 nitrogen and oxygen atoms in total. The summed E-state index contributed by atoms with van der Waals surface area (Å²) in [5.41, 5.74) is 1.51. The number of aromatic nitrogens is 2. The Kier molecular flexibility index (Phi) is 11.6. The van der Waals surface area contributed by atoms with E-state index in [9.17, 15) is 28.2 Å². The Morgan fingerprint density at radius 1 is 1.04 bits per heavy atom. The van der Waals surface area contributed by atoms with Gasteiger partial charge in [0.05, 0.1) is 24.4 Å². The maximum atomic E-state index is 13.4. The van der Waals surface area contributed by atoms with E-state index in [4.69, 9.17) is 13.9 Å². The molecule has 3 aliphatic heterocycles. The first-order valence-electron chi connectivity index (χ1n) is 18.6. The van der Waals surface area contributed by atoms with Crippen molar-refractivity contribution in [1.82, 2.24) is 30.0 Å². The van der Waals surface area contributed by atoms with Crippen molar-refractivity contribution in [2.75, 3.05) is 39.3 Å². The number of aliphatic hydroxyl groups is 2. The molecule has 2 unspecified atom stereocenters. The van der Waals surface area contributed by atoms with E-state index in [-0.39, 0.29) is 38.1 Å². The molecule has 55 heavy (non-hydrogen) atoms. The highest BCUT2D eigenvalue weighted by Gasteiger charge is 2.54. The monoisotopic (exact) mass is 764 g/mol. The lowest BCUT2D eigenvalue weighted by Gasteiger charge is -2.43. The summed E-state index contributed by atoms with van der Waals surface area (Å²) in [4.78, 5) is 27.7. The average molecular weight is 765 g/mol. The molecule has 0 aliphatic carbocycles. The van der Waals surface area contributed by atoms with Crippen LogP contribution in [0.2, 0.25) is 0 Å². The molecule has 2 aromatic heterocycles. The van der Waals surface area contributed by atoms with Crippen molar-refractivity contribution in [3.8, 4) is 17.1 Å². The van der Waals surface area contributed by atoms with E-state index in [2.05, 4.69) is 15.3 Å². The van der Waals surface area contributed by atoms with Gasteiger partial charge in [0.15, 0.2) is 0 Å². The summed E-state index contributed by atoms with van der Waals surface area (Å²) < 4.78 is 58.2. The van der Waals surface area contributed by atoms with Crippen molar-refractivity contribution in [2.45, 2.75) is 75.7 Å². The minimum atomic E-state index is -4.59. The minimum absolute atomic E-state index is 0.0108. The van der Waals surface area contributed by atoms with Crippen LogP contribution in [-0.4, -0.2) is 116 Å². The number of rotatable bonds is 13. The van der Waals surface area contributed by atoms with Gasteiger partial charge in [-0.3, -0.25) is 24.6 Å². The van der Waals surface area contributed by atoms with Gasteiger partial charge < -0.3 is 29.4 Å². The first-order chi connectivity index (χ1) is 26.3. The van der Waals surface area contributed by atoms with Crippen LogP contribution in [-0.2, 0) is 22.5 Å². The molecule has 15 heteroatoms. The molecule has 294 valence electrons. The third-order valence-corrected chi connectivity index (χ3v) is 10.6. The van der Waals surface area contributed by atoms with E-state index in [1.54, 1.807) is 23.5 Å². The van der Waals surface area contributed by atoms with E-state index < -0.39 is 48.6 Å². The number of halogens is 3. The zero-order valence-electron chi connectivity index (χ0n) is 30.8. The molecule has 0 saturated carbocycles. The molecular weight excluding hydrogens is 717 g/mol. The van der Waals surface area contributed by atoms with Gasteiger partial charge in [0.25, 0.3) is 0 Å². The predicted octanol–water partition coefficient (Wildman–Crippen LogP) is 4.40. The molecule has 3 N–H and O–H groups in total. The van der Waals surface area contributed by atoms with E-state index in [0.717, 1.165) is 11.1 Å². The van der Waals surface area contributed by atoms with E-state index in [1.807, 2.05) is 90.4 Å². The molecule has 2 aromatic carbocycles. The maximum Gasteiger partial charge on any atom is 0.405 e. The zero-order chi connectivity index (χ0) is 38.7. The number of carbonyl (C=O) groups is 1. The fourth-order valence-electron chi connectivity index (χ4n) is 8.17. The minimum Gasteiger partial charge on any atom is -0.490 e. The van der Waals surface area contributed by atoms with Crippen LogP contribution in [0, 0.1) is 5.92 Å². The molecular formula is C40H47F3N6O6. The number of aliphatic hydroxyl groups excluding tert-OH is 2. The van der Waals surface area contributed by atoms with Gasteiger partial charge in [-0.1, -0.05) is 48.5 Å². The number of nitrogens with zero attached hydrogens (tertiary/aromatic N) is 5. The fraction of sp³-hybridized carbons (Fsp3) is 0.475. The highest BCUT2D eigenvalue weighted by atomic mass is 19.4. The average Bonchev–Trinajstić information content (AvgIpc) is 3.75.